The lowest BCUT2D eigenvalue weighted by molar-refractivity contribution is -0.134. The van der Waals surface area contributed by atoms with Crippen molar-refractivity contribution in [1.29, 1.82) is 0 Å². The van der Waals surface area contributed by atoms with E-state index in [9.17, 15) is 14.4 Å². The van der Waals surface area contributed by atoms with Gasteiger partial charge in [0.1, 0.15) is 11.5 Å². The van der Waals surface area contributed by atoms with E-state index >= 15 is 0 Å². The van der Waals surface area contributed by atoms with Gasteiger partial charge in [-0.05, 0) is 34.0 Å². The molecule has 0 bridgehead atoms. The van der Waals surface area contributed by atoms with E-state index in [0.717, 1.165) is 21.9 Å². The van der Waals surface area contributed by atoms with Crippen LogP contribution in [0.3, 0.4) is 0 Å². The average Bonchev–Trinajstić information content (AvgIpc) is 2.88. The predicted octanol–water partition coefficient (Wildman–Crippen LogP) is 6.61. The zero-order valence-electron chi connectivity index (χ0n) is 19.9. The van der Waals surface area contributed by atoms with Crippen molar-refractivity contribution in [3.63, 3.8) is 0 Å². The third-order valence-electron chi connectivity index (χ3n) is 5.64. The van der Waals surface area contributed by atoms with Crippen molar-refractivity contribution in [1.82, 2.24) is 0 Å². The highest BCUT2D eigenvalue weighted by molar-refractivity contribution is 6.21. The molecule has 0 aromatic heterocycles. The number of hydrogen-bond donors (Lipinski definition) is 0. The molecule has 0 amide bonds. The van der Waals surface area contributed by atoms with Crippen molar-refractivity contribution in [3.05, 3.63) is 66.7 Å². The Morgan fingerprint density at radius 2 is 1.03 bits per heavy atom. The van der Waals surface area contributed by atoms with Crippen LogP contribution in [0, 0.1) is 0 Å². The monoisotopic (exact) mass is 470 g/mol. The molecule has 0 saturated heterocycles. The summed E-state index contributed by atoms with van der Waals surface area (Å²) in [6, 6.07) is 20.5. The first kappa shape index (κ1) is 24.0. The van der Waals surface area contributed by atoms with Gasteiger partial charge in [0.05, 0.1) is 10.8 Å². The van der Waals surface area contributed by atoms with Gasteiger partial charge in [0.2, 0.25) is 0 Å². The van der Waals surface area contributed by atoms with Crippen molar-refractivity contribution in [2.75, 3.05) is 0 Å². The fraction of sp³-hybridized carbons (Fsp3) is 0.207. The van der Waals surface area contributed by atoms with Crippen LogP contribution in [0.5, 0.6) is 17.2 Å². The second kappa shape index (κ2) is 10.4. The van der Waals surface area contributed by atoms with Crippen molar-refractivity contribution < 1.29 is 28.6 Å². The maximum Gasteiger partial charge on any atom is 0.310 e. The van der Waals surface area contributed by atoms with Gasteiger partial charge in [-0.1, -0.05) is 75.4 Å². The third kappa shape index (κ3) is 4.73. The van der Waals surface area contributed by atoms with Crippen LogP contribution in [0.4, 0.5) is 0 Å². The van der Waals surface area contributed by atoms with Crippen LogP contribution in [-0.2, 0) is 14.4 Å². The Kier molecular flexibility index (Phi) is 7.11. The first-order valence-corrected chi connectivity index (χ1v) is 11.7. The first-order chi connectivity index (χ1) is 17.0. The highest BCUT2D eigenvalue weighted by Gasteiger charge is 2.25. The zero-order valence-corrected chi connectivity index (χ0v) is 19.9. The summed E-state index contributed by atoms with van der Waals surface area (Å²) >= 11 is 0. The normalized spacial score (nSPS) is 10.8. The fourth-order valence-electron chi connectivity index (χ4n) is 3.98. The quantitative estimate of drug-likeness (QED) is 0.172. The second-order valence-electron chi connectivity index (χ2n) is 7.91. The molecule has 0 aliphatic heterocycles. The molecule has 0 fully saturated rings. The van der Waals surface area contributed by atoms with Crippen molar-refractivity contribution >= 4 is 39.5 Å². The lowest BCUT2D eigenvalue weighted by Gasteiger charge is -2.20. The molecule has 6 heteroatoms. The van der Waals surface area contributed by atoms with Crippen LogP contribution in [0.2, 0.25) is 0 Å². The van der Waals surface area contributed by atoms with Gasteiger partial charge in [-0.25, -0.2) is 0 Å². The molecule has 0 atom stereocenters. The van der Waals surface area contributed by atoms with Gasteiger partial charge in [0.15, 0.2) is 5.75 Å². The van der Waals surface area contributed by atoms with Crippen LogP contribution in [0.25, 0.3) is 32.7 Å². The van der Waals surface area contributed by atoms with Crippen molar-refractivity contribution in [3.8, 4) is 28.4 Å². The first-order valence-electron chi connectivity index (χ1n) is 11.7. The number of hydrogen-bond acceptors (Lipinski definition) is 6. The standard InChI is InChI=1S/C29H26O6/c1-4-23(30)33-21-16-10-14-19-26(18-12-8-7-9-13-18)20-15-11-17-22(34-24(31)5-2)28(20)29(27(19)21)35-25(32)6-3/h7-17H,4-6H2,1-3H3. The van der Waals surface area contributed by atoms with Crippen molar-refractivity contribution in [2.45, 2.75) is 40.0 Å². The van der Waals surface area contributed by atoms with E-state index in [2.05, 4.69) is 0 Å². The molecule has 0 N–H and O–H groups in total. The van der Waals surface area contributed by atoms with Crippen LogP contribution < -0.4 is 14.2 Å². The highest BCUT2D eigenvalue weighted by Crippen LogP contribution is 2.49. The largest absolute Gasteiger partial charge is 0.426 e. The topological polar surface area (TPSA) is 78.9 Å². The molecule has 0 spiro atoms. The Morgan fingerprint density at radius 3 is 1.49 bits per heavy atom. The van der Waals surface area contributed by atoms with E-state index in [1.54, 1.807) is 45.0 Å². The minimum absolute atomic E-state index is 0.136. The van der Waals surface area contributed by atoms with E-state index < -0.39 is 17.9 Å². The van der Waals surface area contributed by atoms with Gasteiger partial charge in [-0.2, -0.15) is 0 Å². The number of rotatable bonds is 7. The summed E-state index contributed by atoms with van der Waals surface area (Å²) in [4.78, 5) is 37.1. The maximum absolute atomic E-state index is 12.6. The molecule has 6 nitrogen and oxygen atoms in total. The zero-order chi connectivity index (χ0) is 24.9. The minimum Gasteiger partial charge on any atom is -0.426 e. The molecule has 0 heterocycles. The Morgan fingerprint density at radius 1 is 0.571 bits per heavy atom. The third-order valence-corrected chi connectivity index (χ3v) is 5.64. The number of benzene rings is 4. The molecule has 0 radical (unpaired) electrons. The van der Waals surface area contributed by atoms with E-state index in [4.69, 9.17) is 14.2 Å². The van der Waals surface area contributed by atoms with Gasteiger partial charge >= 0.3 is 17.9 Å². The fourth-order valence-corrected chi connectivity index (χ4v) is 3.98. The van der Waals surface area contributed by atoms with Crippen LogP contribution in [0.15, 0.2) is 66.7 Å². The summed E-state index contributed by atoms with van der Waals surface area (Å²) in [5, 5.41) is 2.40. The molecule has 0 aliphatic carbocycles. The average molecular weight is 471 g/mol. The van der Waals surface area contributed by atoms with E-state index in [1.807, 2.05) is 42.5 Å². The molecule has 0 saturated carbocycles. The number of fused-ring (bicyclic) bond motifs is 2. The van der Waals surface area contributed by atoms with Gasteiger partial charge in [0, 0.05) is 19.3 Å². The summed E-state index contributed by atoms with van der Waals surface area (Å²) < 4.78 is 17.2. The van der Waals surface area contributed by atoms with Gasteiger partial charge in [0.25, 0.3) is 0 Å². The number of carbonyl (C=O) groups excluding carboxylic acids is 3. The van der Waals surface area contributed by atoms with E-state index in [1.165, 1.54) is 0 Å². The Labute approximate surface area is 203 Å². The Bertz CT molecular complexity index is 1340. The van der Waals surface area contributed by atoms with Gasteiger partial charge in [-0.3, -0.25) is 14.4 Å². The molecule has 4 aromatic rings. The number of esters is 3. The molecular weight excluding hydrogens is 444 g/mol. The molecular formula is C29H26O6. The smallest absolute Gasteiger partial charge is 0.310 e. The van der Waals surface area contributed by atoms with Crippen LogP contribution in [-0.4, -0.2) is 17.9 Å². The predicted molar refractivity (Wildman–Crippen MR) is 135 cm³/mol. The Balaban J connectivity index is 2.22. The summed E-state index contributed by atoms with van der Waals surface area (Å²) in [7, 11) is 0. The SMILES string of the molecule is CCC(=O)Oc1cccc2c(-c3ccccc3)c3cccc(OC(=O)CC)c3c(OC(=O)CC)c12. The van der Waals surface area contributed by atoms with Crippen molar-refractivity contribution in [2.24, 2.45) is 0 Å². The van der Waals surface area contributed by atoms with Gasteiger partial charge in [-0.15, -0.1) is 0 Å². The summed E-state index contributed by atoms with van der Waals surface area (Å²) in [6.45, 7) is 5.11. The lowest BCUT2D eigenvalue weighted by atomic mass is 9.90. The maximum atomic E-state index is 12.6. The Hall–Kier alpha value is -4.19. The van der Waals surface area contributed by atoms with Crippen LogP contribution >= 0.6 is 0 Å². The van der Waals surface area contributed by atoms with Gasteiger partial charge < -0.3 is 14.2 Å². The second-order valence-corrected chi connectivity index (χ2v) is 7.91. The molecule has 0 unspecified atom stereocenters. The number of carbonyl (C=O) groups is 3. The molecule has 0 aliphatic rings. The molecule has 178 valence electrons. The lowest BCUT2D eigenvalue weighted by Crippen LogP contribution is -2.11. The molecule has 4 aromatic carbocycles. The summed E-state index contributed by atoms with van der Waals surface area (Å²) in [5.74, 6) is -0.573. The van der Waals surface area contributed by atoms with E-state index in [0.29, 0.717) is 10.8 Å². The van der Waals surface area contributed by atoms with Crippen LogP contribution in [0.1, 0.15) is 40.0 Å². The molecule has 4 rings (SSSR count). The summed E-state index contributed by atoms with van der Waals surface area (Å²) in [5.41, 5.74) is 1.75. The highest BCUT2D eigenvalue weighted by atomic mass is 16.6. The summed E-state index contributed by atoms with van der Waals surface area (Å²) in [6.07, 6.45) is 0.495. The number of ether oxygens (including phenoxy) is 3. The van der Waals surface area contributed by atoms with E-state index in [-0.39, 0.29) is 36.5 Å². The molecule has 35 heavy (non-hydrogen) atoms. The minimum atomic E-state index is -0.465.